The lowest BCUT2D eigenvalue weighted by Gasteiger charge is -2.16. The summed E-state index contributed by atoms with van der Waals surface area (Å²) in [7, 11) is 0. The molecule has 3 rings (SSSR count). The van der Waals surface area contributed by atoms with Crippen molar-refractivity contribution < 1.29 is 9.90 Å². The van der Waals surface area contributed by atoms with Crippen LogP contribution in [0.25, 0.3) is 10.6 Å². The summed E-state index contributed by atoms with van der Waals surface area (Å²) < 4.78 is 0. The number of thiazole rings is 1. The summed E-state index contributed by atoms with van der Waals surface area (Å²) >= 11 is 1.58. The topological polar surface area (TPSA) is 62.2 Å². The van der Waals surface area contributed by atoms with Gasteiger partial charge in [-0.15, -0.1) is 11.3 Å². The number of hydrogen-bond donors (Lipinski definition) is 2. The predicted molar refractivity (Wildman–Crippen MR) is 96.0 cm³/mol. The predicted octanol–water partition coefficient (Wildman–Crippen LogP) is 3.58. The molecule has 24 heavy (non-hydrogen) atoms. The zero-order valence-electron chi connectivity index (χ0n) is 13.3. The fraction of sp³-hybridized carbons (Fsp3) is 0.158. The number of nitrogens with zero attached hydrogens (tertiary/aromatic N) is 1. The normalized spacial score (nSPS) is 11.9. The molecule has 3 aromatic rings. The lowest BCUT2D eigenvalue weighted by atomic mass is 10.1. The molecule has 2 aromatic carbocycles. The summed E-state index contributed by atoms with van der Waals surface area (Å²) in [6, 6.07) is 16.4. The number of carbonyl (C=O) groups is 1. The molecule has 0 radical (unpaired) electrons. The molecule has 0 unspecified atom stereocenters. The zero-order chi connectivity index (χ0) is 16.9. The third-order valence-corrected chi connectivity index (χ3v) is 4.71. The molecular weight excluding hydrogens is 320 g/mol. The fourth-order valence-electron chi connectivity index (χ4n) is 2.41. The molecule has 1 heterocycles. The Kier molecular flexibility index (Phi) is 5.03. The SMILES string of the molecule is Cc1csc(-c2ccc(C(=O)N[C@H](CO)c3ccccc3)cc2)n1. The summed E-state index contributed by atoms with van der Waals surface area (Å²) in [6.45, 7) is 1.81. The van der Waals surface area contributed by atoms with Crippen LogP contribution in [0.4, 0.5) is 0 Å². The van der Waals surface area contributed by atoms with Gasteiger partial charge in [-0.3, -0.25) is 4.79 Å². The lowest BCUT2D eigenvalue weighted by molar-refractivity contribution is 0.0916. The van der Waals surface area contributed by atoms with Crippen LogP contribution in [-0.4, -0.2) is 22.6 Å². The van der Waals surface area contributed by atoms with Crippen molar-refractivity contribution >= 4 is 17.2 Å². The van der Waals surface area contributed by atoms with E-state index in [0.717, 1.165) is 21.8 Å². The molecule has 122 valence electrons. The molecule has 0 saturated heterocycles. The Balaban J connectivity index is 1.73. The van der Waals surface area contributed by atoms with Crippen LogP contribution >= 0.6 is 11.3 Å². The first-order valence-corrected chi connectivity index (χ1v) is 8.54. The third-order valence-electron chi connectivity index (χ3n) is 3.70. The number of amides is 1. The van der Waals surface area contributed by atoms with Gasteiger partial charge in [0.25, 0.3) is 5.91 Å². The van der Waals surface area contributed by atoms with Crippen LogP contribution in [0.2, 0.25) is 0 Å². The van der Waals surface area contributed by atoms with Gasteiger partial charge in [0.05, 0.1) is 12.6 Å². The van der Waals surface area contributed by atoms with Crippen LogP contribution in [0.5, 0.6) is 0 Å². The Morgan fingerprint density at radius 2 is 1.88 bits per heavy atom. The van der Waals surface area contributed by atoms with Crippen molar-refractivity contribution in [3.05, 3.63) is 76.8 Å². The highest BCUT2D eigenvalue weighted by Gasteiger charge is 2.15. The van der Waals surface area contributed by atoms with Gasteiger partial charge < -0.3 is 10.4 Å². The van der Waals surface area contributed by atoms with Crippen molar-refractivity contribution in [3.63, 3.8) is 0 Å². The second-order valence-electron chi connectivity index (χ2n) is 5.49. The maximum atomic E-state index is 12.4. The molecule has 1 atom stereocenters. The van der Waals surface area contributed by atoms with Gasteiger partial charge in [-0.2, -0.15) is 0 Å². The number of aryl methyl sites for hydroxylation is 1. The number of benzene rings is 2. The van der Waals surface area contributed by atoms with Gasteiger partial charge in [0.1, 0.15) is 5.01 Å². The van der Waals surface area contributed by atoms with E-state index in [-0.39, 0.29) is 12.5 Å². The molecule has 2 N–H and O–H groups in total. The van der Waals surface area contributed by atoms with Gasteiger partial charge in [-0.05, 0) is 24.6 Å². The molecule has 1 amide bonds. The lowest BCUT2D eigenvalue weighted by Crippen LogP contribution is -2.30. The number of aliphatic hydroxyl groups is 1. The van der Waals surface area contributed by atoms with Gasteiger partial charge in [-0.25, -0.2) is 4.98 Å². The van der Waals surface area contributed by atoms with E-state index in [2.05, 4.69) is 10.3 Å². The van der Waals surface area contributed by atoms with Crippen molar-refractivity contribution in [1.29, 1.82) is 0 Å². The number of aliphatic hydroxyl groups excluding tert-OH is 1. The molecule has 1 aromatic heterocycles. The van der Waals surface area contributed by atoms with E-state index in [1.807, 2.05) is 54.8 Å². The van der Waals surface area contributed by atoms with E-state index >= 15 is 0 Å². The maximum absolute atomic E-state index is 12.4. The van der Waals surface area contributed by atoms with Crippen LogP contribution in [0, 0.1) is 6.92 Å². The first kappa shape index (κ1) is 16.4. The summed E-state index contributed by atoms with van der Waals surface area (Å²) in [6.07, 6.45) is 0. The van der Waals surface area contributed by atoms with Crippen molar-refractivity contribution in [2.75, 3.05) is 6.61 Å². The molecule has 0 aliphatic carbocycles. The summed E-state index contributed by atoms with van der Waals surface area (Å²) in [4.78, 5) is 16.8. The quantitative estimate of drug-likeness (QED) is 0.747. The first-order chi connectivity index (χ1) is 11.7. The third kappa shape index (κ3) is 3.69. The van der Waals surface area contributed by atoms with Crippen LogP contribution in [0.3, 0.4) is 0 Å². The molecule has 0 spiro atoms. The minimum Gasteiger partial charge on any atom is -0.394 e. The highest BCUT2D eigenvalue weighted by molar-refractivity contribution is 7.13. The van der Waals surface area contributed by atoms with E-state index in [1.54, 1.807) is 23.5 Å². The average Bonchev–Trinajstić information content (AvgIpc) is 3.07. The van der Waals surface area contributed by atoms with Crippen molar-refractivity contribution in [2.45, 2.75) is 13.0 Å². The first-order valence-electron chi connectivity index (χ1n) is 7.66. The Morgan fingerprint density at radius 3 is 2.46 bits per heavy atom. The Bertz CT molecular complexity index is 813. The molecular formula is C19H18N2O2S. The molecule has 0 aliphatic heterocycles. The van der Waals surface area contributed by atoms with Crippen molar-refractivity contribution in [1.82, 2.24) is 10.3 Å². The van der Waals surface area contributed by atoms with Gasteiger partial charge in [-0.1, -0.05) is 42.5 Å². The van der Waals surface area contributed by atoms with Gasteiger partial charge in [0.2, 0.25) is 0 Å². The highest BCUT2D eigenvalue weighted by atomic mass is 32.1. The van der Waals surface area contributed by atoms with E-state index < -0.39 is 6.04 Å². The Hall–Kier alpha value is -2.50. The van der Waals surface area contributed by atoms with Gasteiger partial charge in [0, 0.05) is 22.2 Å². The summed E-state index contributed by atoms with van der Waals surface area (Å²) in [5, 5.41) is 15.4. The molecule has 0 saturated carbocycles. The number of rotatable bonds is 5. The van der Waals surface area contributed by atoms with E-state index in [0.29, 0.717) is 5.56 Å². The zero-order valence-corrected chi connectivity index (χ0v) is 14.1. The summed E-state index contributed by atoms with van der Waals surface area (Å²) in [5.74, 6) is -0.209. The molecule has 0 bridgehead atoms. The van der Waals surface area contributed by atoms with Gasteiger partial charge >= 0.3 is 0 Å². The average molecular weight is 338 g/mol. The minimum absolute atomic E-state index is 0.147. The standard InChI is InChI=1S/C19H18N2O2S/c1-13-12-24-19(20-13)16-9-7-15(8-10-16)18(23)21-17(11-22)14-5-3-2-4-6-14/h2-10,12,17,22H,11H2,1H3,(H,21,23)/t17-/m1/s1. The van der Waals surface area contributed by atoms with Crippen molar-refractivity contribution in [3.8, 4) is 10.6 Å². The Labute approximate surface area is 144 Å². The van der Waals surface area contributed by atoms with Crippen LogP contribution in [0.15, 0.2) is 60.0 Å². The highest BCUT2D eigenvalue weighted by Crippen LogP contribution is 2.24. The Morgan fingerprint density at radius 1 is 1.17 bits per heavy atom. The van der Waals surface area contributed by atoms with E-state index in [1.165, 1.54) is 0 Å². The number of nitrogens with one attached hydrogen (secondary N) is 1. The van der Waals surface area contributed by atoms with E-state index in [4.69, 9.17) is 0 Å². The van der Waals surface area contributed by atoms with Crippen LogP contribution in [-0.2, 0) is 0 Å². The number of hydrogen-bond acceptors (Lipinski definition) is 4. The summed E-state index contributed by atoms with van der Waals surface area (Å²) in [5.41, 5.74) is 3.42. The minimum atomic E-state index is -0.417. The van der Waals surface area contributed by atoms with Crippen molar-refractivity contribution in [2.24, 2.45) is 0 Å². The van der Waals surface area contributed by atoms with E-state index in [9.17, 15) is 9.90 Å². The molecule has 0 aliphatic rings. The fourth-order valence-corrected chi connectivity index (χ4v) is 3.22. The largest absolute Gasteiger partial charge is 0.394 e. The molecule has 5 heteroatoms. The molecule has 0 fully saturated rings. The molecule has 4 nitrogen and oxygen atoms in total. The van der Waals surface area contributed by atoms with Crippen LogP contribution < -0.4 is 5.32 Å². The maximum Gasteiger partial charge on any atom is 0.251 e. The second kappa shape index (κ2) is 7.38. The number of aromatic nitrogens is 1. The van der Waals surface area contributed by atoms with Gasteiger partial charge in [0.15, 0.2) is 0 Å². The second-order valence-corrected chi connectivity index (χ2v) is 6.35. The number of carbonyl (C=O) groups excluding carboxylic acids is 1. The smallest absolute Gasteiger partial charge is 0.251 e. The van der Waals surface area contributed by atoms with Crippen LogP contribution in [0.1, 0.15) is 27.7 Å². The monoisotopic (exact) mass is 338 g/mol.